The van der Waals surface area contributed by atoms with Crippen LogP contribution in [0, 0.1) is 16.0 Å². The van der Waals surface area contributed by atoms with Gasteiger partial charge in [-0.2, -0.15) is 0 Å². The number of carbonyl (C=O) groups is 1. The number of carbonyl (C=O) groups excluding carboxylic acids is 1. The van der Waals surface area contributed by atoms with E-state index in [1.165, 1.54) is 18.7 Å². The Morgan fingerprint density at radius 2 is 2.16 bits per heavy atom. The van der Waals surface area contributed by atoms with E-state index in [9.17, 15) is 14.9 Å². The standard InChI is InChI=1S/C13H16N2O4/c16-11(10-5-2-1-3-6-10)9-19-12-7-4-8-14-13(12)15(17)18/h4,7-8,10H,1-3,5-6,9H2. The molecule has 6 heteroatoms. The zero-order valence-electron chi connectivity index (χ0n) is 10.6. The predicted molar refractivity (Wildman–Crippen MR) is 68.0 cm³/mol. The van der Waals surface area contributed by atoms with E-state index < -0.39 is 4.92 Å². The van der Waals surface area contributed by atoms with E-state index in [4.69, 9.17) is 4.74 Å². The molecular formula is C13H16N2O4. The van der Waals surface area contributed by atoms with Gasteiger partial charge in [0.25, 0.3) is 0 Å². The number of aromatic nitrogens is 1. The third-order valence-electron chi connectivity index (χ3n) is 3.35. The molecule has 1 heterocycles. The lowest BCUT2D eigenvalue weighted by atomic mass is 9.86. The van der Waals surface area contributed by atoms with E-state index in [1.54, 1.807) is 6.07 Å². The van der Waals surface area contributed by atoms with E-state index in [1.807, 2.05) is 0 Å². The Bertz CT molecular complexity index is 469. The molecule has 102 valence electrons. The first kappa shape index (κ1) is 13.5. The minimum Gasteiger partial charge on any atom is -0.478 e. The Kier molecular flexibility index (Phi) is 4.43. The molecule has 0 aromatic carbocycles. The van der Waals surface area contributed by atoms with E-state index in [0.717, 1.165) is 25.7 Å². The summed E-state index contributed by atoms with van der Waals surface area (Å²) in [5, 5.41) is 10.7. The summed E-state index contributed by atoms with van der Waals surface area (Å²) in [6, 6.07) is 3.01. The van der Waals surface area contributed by atoms with Crippen LogP contribution in [-0.2, 0) is 4.79 Å². The van der Waals surface area contributed by atoms with Gasteiger partial charge in [0.1, 0.15) is 12.8 Å². The van der Waals surface area contributed by atoms with Crippen LogP contribution in [0.5, 0.6) is 5.75 Å². The SMILES string of the molecule is O=C(COc1cccnc1[N+](=O)[O-])C1CCCCC1. The molecule has 1 saturated carbocycles. The number of ketones is 1. The van der Waals surface area contributed by atoms with Crippen LogP contribution >= 0.6 is 0 Å². The highest BCUT2D eigenvalue weighted by molar-refractivity contribution is 5.82. The van der Waals surface area contributed by atoms with Gasteiger partial charge in [-0.15, -0.1) is 0 Å². The largest absolute Gasteiger partial charge is 0.478 e. The van der Waals surface area contributed by atoms with Gasteiger partial charge in [-0.05, 0) is 34.9 Å². The highest BCUT2D eigenvalue weighted by Crippen LogP contribution is 2.26. The van der Waals surface area contributed by atoms with Crippen LogP contribution < -0.4 is 4.74 Å². The Hall–Kier alpha value is -1.98. The summed E-state index contributed by atoms with van der Waals surface area (Å²) < 4.78 is 5.26. The molecule has 0 aliphatic heterocycles. The maximum Gasteiger partial charge on any atom is 0.406 e. The van der Waals surface area contributed by atoms with E-state index in [-0.39, 0.29) is 29.9 Å². The fourth-order valence-electron chi connectivity index (χ4n) is 2.32. The zero-order chi connectivity index (χ0) is 13.7. The third-order valence-corrected chi connectivity index (χ3v) is 3.35. The minimum absolute atomic E-state index is 0.0258. The summed E-state index contributed by atoms with van der Waals surface area (Å²) in [5.41, 5.74) is 0. The lowest BCUT2D eigenvalue weighted by molar-refractivity contribution is -0.390. The van der Waals surface area contributed by atoms with Crippen LogP contribution in [0.4, 0.5) is 5.82 Å². The Morgan fingerprint density at radius 3 is 2.84 bits per heavy atom. The summed E-state index contributed by atoms with van der Waals surface area (Å²) in [6.45, 7) is -0.114. The van der Waals surface area contributed by atoms with Crippen molar-refractivity contribution in [2.24, 2.45) is 5.92 Å². The fourth-order valence-corrected chi connectivity index (χ4v) is 2.32. The Labute approximate surface area is 110 Å². The molecular weight excluding hydrogens is 248 g/mol. The van der Waals surface area contributed by atoms with Crippen LogP contribution in [0.15, 0.2) is 18.3 Å². The molecule has 0 bridgehead atoms. The number of Topliss-reactive ketones (excluding diaryl/α,β-unsaturated/α-hetero) is 1. The van der Waals surface area contributed by atoms with Gasteiger partial charge in [0, 0.05) is 5.92 Å². The number of hydrogen-bond donors (Lipinski definition) is 0. The number of nitrogens with zero attached hydrogens (tertiary/aromatic N) is 2. The van der Waals surface area contributed by atoms with Crippen molar-refractivity contribution < 1.29 is 14.5 Å². The van der Waals surface area contributed by atoms with Crippen LogP contribution in [0.25, 0.3) is 0 Å². The summed E-state index contributed by atoms with van der Waals surface area (Å²) in [5.74, 6) is -0.224. The molecule has 0 amide bonds. The van der Waals surface area contributed by atoms with Crippen molar-refractivity contribution in [2.45, 2.75) is 32.1 Å². The van der Waals surface area contributed by atoms with E-state index >= 15 is 0 Å². The van der Waals surface area contributed by atoms with Crippen molar-refractivity contribution in [2.75, 3.05) is 6.61 Å². The van der Waals surface area contributed by atoms with Gasteiger partial charge in [0.05, 0.1) is 0 Å². The molecule has 0 radical (unpaired) electrons. The smallest absolute Gasteiger partial charge is 0.406 e. The number of pyridine rings is 1. The molecule has 1 aromatic rings. The molecule has 0 unspecified atom stereocenters. The molecule has 0 saturated heterocycles. The van der Waals surface area contributed by atoms with E-state index in [2.05, 4.69) is 4.98 Å². The molecule has 6 nitrogen and oxygen atoms in total. The van der Waals surface area contributed by atoms with Crippen molar-refractivity contribution in [1.82, 2.24) is 4.98 Å². The van der Waals surface area contributed by atoms with E-state index in [0.29, 0.717) is 0 Å². The van der Waals surface area contributed by atoms with Gasteiger partial charge >= 0.3 is 5.82 Å². The van der Waals surface area contributed by atoms with Crippen molar-refractivity contribution >= 4 is 11.6 Å². The average molecular weight is 264 g/mol. The first-order valence-corrected chi connectivity index (χ1v) is 6.43. The maximum absolute atomic E-state index is 11.9. The molecule has 1 aromatic heterocycles. The van der Waals surface area contributed by atoms with Crippen LogP contribution in [0.3, 0.4) is 0 Å². The molecule has 19 heavy (non-hydrogen) atoms. The molecule has 0 spiro atoms. The van der Waals surface area contributed by atoms with Crippen LogP contribution in [-0.4, -0.2) is 22.3 Å². The monoisotopic (exact) mass is 264 g/mol. The topological polar surface area (TPSA) is 82.3 Å². The second-order valence-corrected chi connectivity index (χ2v) is 4.67. The fraction of sp³-hybridized carbons (Fsp3) is 0.538. The molecule has 1 aliphatic carbocycles. The van der Waals surface area contributed by atoms with Crippen LogP contribution in [0.1, 0.15) is 32.1 Å². The van der Waals surface area contributed by atoms with Crippen molar-refractivity contribution in [3.05, 3.63) is 28.4 Å². The summed E-state index contributed by atoms with van der Waals surface area (Å²) in [7, 11) is 0. The molecule has 0 N–H and O–H groups in total. The number of hydrogen-bond acceptors (Lipinski definition) is 5. The summed E-state index contributed by atoms with van der Waals surface area (Å²) >= 11 is 0. The lowest BCUT2D eigenvalue weighted by Crippen LogP contribution is -2.23. The van der Waals surface area contributed by atoms with Crippen molar-refractivity contribution in [3.8, 4) is 5.75 Å². The normalized spacial score (nSPS) is 16.0. The third kappa shape index (κ3) is 3.49. The van der Waals surface area contributed by atoms with Gasteiger partial charge in [-0.25, -0.2) is 0 Å². The second kappa shape index (κ2) is 6.26. The second-order valence-electron chi connectivity index (χ2n) is 4.67. The average Bonchev–Trinajstić information content (AvgIpc) is 2.46. The number of nitro groups is 1. The van der Waals surface area contributed by atoms with Crippen molar-refractivity contribution in [3.63, 3.8) is 0 Å². The molecule has 1 aliphatic rings. The first-order valence-electron chi connectivity index (χ1n) is 6.43. The van der Waals surface area contributed by atoms with Gasteiger partial charge in [0.2, 0.25) is 5.75 Å². The Balaban J connectivity index is 1.94. The van der Waals surface area contributed by atoms with Gasteiger partial charge in [0.15, 0.2) is 5.78 Å². The number of rotatable bonds is 5. The maximum atomic E-state index is 11.9. The van der Waals surface area contributed by atoms with Crippen LogP contribution in [0.2, 0.25) is 0 Å². The van der Waals surface area contributed by atoms with Crippen molar-refractivity contribution in [1.29, 1.82) is 0 Å². The highest BCUT2D eigenvalue weighted by atomic mass is 16.6. The zero-order valence-corrected chi connectivity index (χ0v) is 10.6. The lowest BCUT2D eigenvalue weighted by Gasteiger charge is -2.20. The first-order chi connectivity index (χ1) is 9.18. The highest BCUT2D eigenvalue weighted by Gasteiger charge is 2.23. The van der Waals surface area contributed by atoms with Gasteiger partial charge in [-0.1, -0.05) is 19.3 Å². The number of ether oxygens (including phenoxy) is 1. The summed E-state index contributed by atoms with van der Waals surface area (Å²) in [6.07, 6.45) is 6.45. The summed E-state index contributed by atoms with van der Waals surface area (Å²) in [4.78, 5) is 25.7. The molecule has 0 atom stereocenters. The minimum atomic E-state index is -0.611. The molecule has 2 rings (SSSR count). The van der Waals surface area contributed by atoms with Gasteiger partial charge in [-0.3, -0.25) is 4.79 Å². The predicted octanol–water partition coefficient (Wildman–Crippen LogP) is 2.52. The molecule has 1 fully saturated rings. The Morgan fingerprint density at radius 1 is 1.42 bits per heavy atom. The van der Waals surface area contributed by atoms with Gasteiger partial charge < -0.3 is 14.9 Å². The quantitative estimate of drug-likeness (QED) is 0.602.